The van der Waals surface area contributed by atoms with Crippen LogP contribution < -0.4 is 0 Å². The Morgan fingerprint density at radius 2 is 1.59 bits per heavy atom. The van der Waals surface area contributed by atoms with Crippen LogP contribution in [0.5, 0.6) is 0 Å². The lowest BCUT2D eigenvalue weighted by Gasteiger charge is -2.07. The van der Waals surface area contributed by atoms with Gasteiger partial charge in [0, 0.05) is 16.0 Å². The highest BCUT2D eigenvalue weighted by atomic mass is 32.2. The monoisotopic (exact) mass is 245 g/mol. The van der Waals surface area contributed by atoms with Gasteiger partial charge in [-0.25, -0.2) is 0 Å². The maximum atomic E-state index is 12.0. The number of hydrogen-bond acceptors (Lipinski definition) is 3. The van der Waals surface area contributed by atoms with Crippen molar-refractivity contribution < 1.29 is 13.6 Å². The summed E-state index contributed by atoms with van der Waals surface area (Å²) in [5, 5.41) is 0. The molecule has 0 N–H and O–H groups in total. The van der Waals surface area contributed by atoms with Crippen LogP contribution >= 0.6 is 0 Å². The SMILES string of the molecule is O=C(c1ccccc1)c1cccc(S(=O)[O-])c1. The molecule has 1 unspecified atom stereocenters. The molecule has 2 aromatic rings. The lowest BCUT2D eigenvalue weighted by Crippen LogP contribution is -2.02. The third-order valence-electron chi connectivity index (χ3n) is 2.32. The fourth-order valence-electron chi connectivity index (χ4n) is 1.50. The summed E-state index contributed by atoms with van der Waals surface area (Å²) in [5.74, 6) is -0.182. The average molecular weight is 245 g/mol. The zero-order chi connectivity index (χ0) is 12.3. The van der Waals surface area contributed by atoms with Gasteiger partial charge < -0.3 is 4.55 Å². The highest BCUT2D eigenvalue weighted by Gasteiger charge is 2.08. The third kappa shape index (κ3) is 2.67. The Morgan fingerprint density at radius 1 is 0.941 bits per heavy atom. The smallest absolute Gasteiger partial charge is 0.193 e. The lowest BCUT2D eigenvalue weighted by atomic mass is 10.0. The molecule has 4 heteroatoms. The highest BCUT2D eigenvalue weighted by Crippen LogP contribution is 2.13. The number of rotatable bonds is 3. The van der Waals surface area contributed by atoms with E-state index in [9.17, 15) is 13.6 Å². The lowest BCUT2D eigenvalue weighted by molar-refractivity contribution is 0.103. The number of hydrogen-bond donors (Lipinski definition) is 0. The molecular formula is C13H9O3S-. The first-order chi connectivity index (χ1) is 8.18. The molecule has 0 fully saturated rings. The Bertz CT molecular complexity index is 564. The van der Waals surface area contributed by atoms with Gasteiger partial charge in [0.2, 0.25) is 0 Å². The summed E-state index contributed by atoms with van der Waals surface area (Å²) in [4.78, 5) is 12.1. The number of benzene rings is 2. The second-order valence-corrected chi connectivity index (χ2v) is 4.40. The summed E-state index contributed by atoms with van der Waals surface area (Å²) in [7, 11) is 0. The van der Waals surface area contributed by atoms with Gasteiger partial charge in [0.25, 0.3) is 0 Å². The maximum absolute atomic E-state index is 12.0. The third-order valence-corrected chi connectivity index (χ3v) is 2.96. The van der Waals surface area contributed by atoms with Gasteiger partial charge in [-0.2, -0.15) is 0 Å². The Balaban J connectivity index is 2.38. The number of carbonyl (C=O) groups excluding carboxylic acids is 1. The van der Waals surface area contributed by atoms with Crippen molar-refractivity contribution in [2.45, 2.75) is 4.90 Å². The molecule has 17 heavy (non-hydrogen) atoms. The van der Waals surface area contributed by atoms with E-state index in [1.807, 2.05) is 6.07 Å². The van der Waals surface area contributed by atoms with Gasteiger partial charge in [0.15, 0.2) is 5.78 Å². The summed E-state index contributed by atoms with van der Waals surface area (Å²) in [6.07, 6.45) is 0. The highest BCUT2D eigenvalue weighted by molar-refractivity contribution is 7.79. The van der Waals surface area contributed by atoms with E-state index >= 15 is 0 Å². The first kappa shape index (κ1) is 11.7. The zero-order valence-electron chi connectivity index (χ0n) is 8.83. The van der Waals surface area contributed by atoms with Crippen LogP contribution in [0.4, 0.5) is 0 Å². The van der Waals surface area contributed by atoms with Gasteiger partial charge in [0.1, 0.15) is 0 Å². The van der Waals surface area contributed by atoms with Crippen LogP contribution in [0.2, 0.25) is 0 Å². The average Bonchev–Trinajstić information content (AvgIpc) is 2.39. The summed E-state index contributed by atoms with van der Waals surface area (Å²) >= 11 is -2.31. The van der Waals surface area contributed by atoms with Crippen molar-refractivity contribution in [2.75, 3.05) is 0 Å². The van der Waals surface area contributed by atoms with Gasteiger partial charge in [-0.3, -0.25) is 9.00 Å². The van der Waals surface area contributed by atoms with Crippen LogP contribution in [0.15, 0.2) is 59.5 Å². The number of ketones is 1. The van der Waals surface area contributed by atoms with Crippen molar-refractivity contribution in [3.8, 4) is 0 Å². The van der Waals surface area contributed by atoms with Crippen LogP contribution in [-0.4, -0.2) is 14.5 Å². The van der Waals surface area contributed by atoms with Crippen LogP contribution in [0.25, 0.3) is 0 Å². The summed E-state index contributed by atoms with van der Waals surface area (Å²) in [6.45, 7) is 0. The van der Waals surface area contributed by atoms with Crippen LogP contribution in [0, 0.1) is 0 Å². The van der Waals surface area contributed by atoms with E-state index in [0.29, 0.717) is 11.1 Å². The van der Waals surface area contributed by atoms with E-state index in [0.717, 1.165) is 0 Å². The molecule has 1 atom stereocenters. The molecule has 0 aliphatic rings. The summed E-state index contributed by atoms with van der Waals surface area (Å²) in [5.41, 5.74) is 0.916. The Morgan fingerprint density at radius 3 is 2.24 bits per heavy atom. The molecule has 0 saturated heterocycles. The van der Waals surface area contributed by atoms with E-state index in [-0.39, 0.29) is 10.7 Å². The Labute approximate surface area is 101 Å². The largest absolute Gasteiger partial charge is 0.768 e. The maximum Gasteiger partial charge on any atom is 0.193 e. The van der Waals surface area contributed by atoms with Crippen molar-refractivity contribution in [1.82, 2.24) is 0 Å². The molecule has 0 saturated carbocycles. The summed E-state index contributed by atoms with van der Waals surface area (Å²) in [6, 6.07) is 14.7. The Hall–Kier alpha value is -1.78. The first-order valence-corrected chi connectivity index (χ1v) is 6.05. The fraction of sp³-hybridized carbons (Fsp3) is 0. The van der Waals surface area contributed by atoms with Crippen LogP contribution in [0.3, 0.4) is 0 Å². The minimum atomic E-state index is -2.31. The van der Waals surface area contributed by atoms with Gasteiger partial charge >= 0.3 is 0 Å². The minimum absolute atomic E-state index is 0.117. The molecule has 0 bridgehead atoms. The molecule has 0 amide bonds. The molecule has 3 nitrogen and oxygen atoms in total. The summed E-state index contributed by atoms with van der Waals surface area (Å²) < 4.78 is 21.6. The van der Waals surface area contributed by atoms with E-state index in [4.69, 9.17) is 0 Å². The van der Waals surface area contributed by atoms with Crippen molar-refractivity contribution >= 4 is 16.9 Å². The molecule has 0 aliphatic heterocycles. The quantitative estimate of drug-likeness (QED) is 0.615. The van der Waals surface area contributed by atoms with Gasteiger partial charge in [-0.1, -0.05) is 42.5 Å². The van der Waals surface area contributed by atoms with Gasteiger partial charge in [-0.05, 0) is 23.2 Å². The fourth-order valence-corrected chi connectivity index (χ4v) is 1.91. The normalized spacial score (nSPS) is 12.1. The number of carbonyl (C=O) groups is 1. The predicted octanol–water partition coefficient (Wildman–Crippen LogP) is 2.16. The standard InChI is InChI=1S/C13H10O3S/c14-13(10-5-2-1-3-6-10)11-7-4-8-12(9-11)17(15)16/h1-9H,(H,15,16)/p-1. The molecule has 2 rings (SSSR count). The Kier molecular flexibility index (Phi) is 3.46. The van der Waals surface area contributed by atoms with E-state index in [2.05, 4.69) is 0 Å². The molecule has 0 spiro atoms. The van der Waals surface area contributed by atoms with E-state index in [1.165, 1.54) is 12.1 Å². The van der Waals surface area contributed by atoms with Gasteiger partial charge in [0.05, 0.1) is 0 Å². The van der Waals surface area contributed by atoms with Crippen molar-refractivity contribution in [1.29, 1.82) is 0 Å². The minimum Gasteiger partial charge on any atom is -0.768 e. The molecule has 0 radical (unpaired) electrons. The van der Waals surface area contributed by atoms with E-state index in [1.54, 1.807) is 36.4 Å². The van der Waals surface area contributed by atoms with Crippen LogP contribution in [0.1, 0.15) is 15.9 Å². The molecule has 2 aromatic carbocycles. The van der Waals surface area contributed by atoms with Gasteiger partial charge in [-0.15, -0.1) is 0 Å². The van der Waals surface area contributed by atoms with Crippen LogP contribution in [-0.2, 0) is 11.1 Å². The topological polar surface area (TPSA) is 57.2 Å². The molecular weight excluding hydrogens is 236 g/mol. The molecule has 0 heterocycles. The second kappa shape index (κ2) is 5.03. The molecule has 0 aromatic heterocycles. The molecule has 86 valence electrons. The van der Waals surface area contributed by atoms with Crippen molar-refractivity contribution in [3.63, 3.8) is 0 Å². The van der Waals surface area contributed by atoms with Crippen molar-refractivity contribution in [2.24, 2.45) is 0 Å². The first-order valence-electron chi connectivity index (χ1n) is 4.97. The van der Waals surface area contributed by atoms with Crippen molar-refractivity contribution in [3.05, 3.63) is 65.7 Å². The van der Waals surface area contributed by atoms with E-state index < -0.39 is 11.1 Å². The zero-order valence-corrected chi connectivity index (χ0v) is 9.65. The predicted molar refractivity (Wildman–Crippen MR) is 63.5 cm³/mol. The second-order valence-electron chi connectivity index (χ2n) is 3.46. The molecule has 0 aliphatic carbocycles.